The van der Waals surface area contributed by atoms with Gasteiger partial charge >= 0.3 is 5.97 Å². The average Bonchev–Trinajstić information content (AvgIpc) is 2.78. The van der Waals surface area contributed by atoms with E-state index in [2.05, 4.69) is 0 Å². The van der Waals surface area contributed by atoms with Crippen LogP contribution in [0.25, 0.3) is 6.08 Å². The highest BCUT2D eigenvalue weighted by Gasteiger charge is 2.39. The number of ketones is 1. The largest absolute Gasteiger partial charge is 0.465 e. The lowest BCUT2D eigenvalue weighted by Gasteiger charge is -2.31. The van der Waals surface area contributed by atoms with Gasteiger partial charge in [-0.3, -0.25) is 4.79 Å². The molecule has 0 bridgehead atoms. The molecule has 3 atom stereocenters. The minimum Gasteiger partial charge on any atom is -0.465 e. The summed E-state index contributed by atoms with van der Waals surface area (Å²) in [7, 11) is 0. The normalized spacial score (nSPS) is 26.7. The van der Waals surface area contributed by atoms with Gasteiger partial charge in [0.15, 0.2) is 12.1 Å². The van der Waals surface area contributed by atoms with Gasteiger partial charge in [-0.05, 0) is 55.2 Å². The predicted octanol–water partition coefficient (Wildman–Crippen LogP) is 3.82. The molecule has 1 aromatic carbocycles. The molecule has 1 aliphatic carbocycles. The van der Waals surface area contributed by atoms with Crippen molar-refractivity contribution in [3.8, 4) is 5.75 Å². The van der Waals surface area contributed by atoms with Gasteiger partial charge in [-0.1, -0.05) is 26.0 Å². The van der Waals surface area contributed by atoms with Crippen molar-refractivity contribution in [2.24, 2.45) is 5.41 Å². The van der Waals surface area contributed by atoms with Crippen LogP contribution in [0.5, 0.6) is 5.75 Å². The summed E-state index contributed by atoms with van der Waals surface area (Å²) in [6.45, 7) is 5.99. The smallest absolute Gasteiger partial charge is 0.331 e. The van der Waals surface area contributed by atoms with Crippen LogP contribution in [0, 0.1) is 5.41 Å². The van der Waals surface area contributed by atoms with E-state index in [9.17, 15) is 14.7 Å². The lowest BCUT2D eigenvalue weighted by molar-refractivity contribution is -0.149. The van der Waals surface area contributed by atoms with Gasteiger partial charge in [0, 0.05) is 24.3 Å². The Balaban J connectivity index is 1.59. The summed E-state index contributed by atoms with van der Waals surface area (Å²) in [6.07, 6.45) is 5.72. The zero-order valence-electron chi connectivity index (χ0n) is 17.8. The van der Waals surface area contributed by atoms with Gasteiger partial charge in [0.2, 0.25) is 0 Å². The third-order valence-corrected chi connectivity index (χ3v) is 5.53. The molecule has 1 saturated heterocycles. The molecule has 6 heteroatoms. The van der Waals surface area contributed by atoms with E-state index in [-0.39, 0.29) is 18.5 Å². The SMILES string of the molecule is CC1=CC(OC(=O)C=Cc2ccc(OC3CCCCO3)cc2)C(O)C(C)(C)CC1=O. The minimum absolute atomic E-state index is 0.0472. The van der Waals surface area contributed by atoms with Crippen LogP contribution in [0.3, 0.4) is 0 Å². The van der Waals surface area contributed by atoms with Crippen molar-refractivity contribution in [1.29, 1.82) is 0 Å². The van der Waals surface area contributed by atoms with Crippen LogP contribution in [-0.2, 0) is 19.1 Å². The summed E-state index contributed by atoms with van der Waals surface area (Å²) >= 11 is 0. The summed E-state index contributed by atoms with van der Waals surface area (Å²) in [6, 6.07) is 7.35. The zero-order valence-corrected chi connectivity index (χ0v) is 17.8. The van der Waals surface area contributed by atoms with Crippen molar-refractivity contribution in [2.75, 3.05) is 6.61 Å². The number of carbonyl (C=O) groups is 2. The molecule has 162 valence electrons. The summed E-state index contributed by atoms with van der Waals surface area (Å²) in [5, 5.41) is 10.6. The van der Waals surface area contributed by atoms with Crippen molar-refractivity contribution in [3.63, 3.8) is 0 Å². The number of ether oxygens (including phenoxy) is 3. The average molecular weight is 414 g/mol. The summed E-state index contributed by atoms with van der Waals surface area (Å²) < 4.78 is 16.8. The zero-order chi connectivity index (χ0) is 21.7. The molecule has 0 spiro atoms. The Morgan fingerprint density at radius 2 is 1.97 bits per heavy atom. The second kappa shape index (κ2) is 9.58. The number of hydrogen-bond donors (Lipinski definition) is 1. The van der Waals surface area contributed by atoms with Crippen molar-refractivity contribution in [1.82, 2.24) is 0 Å². The van der Waals surface area contributed by atoms with Crippen molar-refractivity contribution < 1.29 is 28.9 Å². The van der Waals surface area contributed by atoms with E-state index >= 15 is 0 Å². The summed E-state index contributed by atoms with van der Waals surface area (Å²) in [5.74, 6) is 0.0916. The van der Waals surface area contributed by atoms with Crippen LogP contribution in [0.2, 0.25) is 0 Å². The molecule has 3 unspecified atom stereocenters. The number of Topliss-reactive ketones (excluding diaryl/α,β-unsaturated/α-hetero) is 1. The molecule has 0 radical (unpaired) electrons. The minimum atomic E-state index is -0.963. The van der Waals surface area contributed by atoms with E-state index in [1.54, 1.807) is 26.8 Å². The lowest BCUT2D eigenvalue weighted by Crippen LogP contribution is -2.40. The predicted molar refractivity (Wildman–Crippen MR) is 113 cm³/mol. The van der Waals surface area contributed by atoms with Gasteiger partial charge in [-0.25, -0.2) is 4.79 Å². The fourth-order valence-electron chi connectivity index (χ4n) is 3.58. The molecule has 30 heavy (non-hydrogen) atoms. The second-order valence-corrected chi connectivity index (χ2v) is 8.60. The summed E-state index contributed by atoms with van der Waals surface area (Å²) in [5.41, 5.74) is 0.629. The molecule has 1 aromatic rings. The van der Waals surface area contributed by atoms with E-state index in [1.807, 2.05) is 24.3 Å². The molecular formula is C24H30O6. The molecule has 1 heterocycles. The van der Waals surface area contributed by atoms with Gasteiger partial charge in [0.1, 0.15) is 18.0 Å². The van der Waals surface area contributed by atoms with Crippen molar-refractivity contribution >= 4 is 17.8 Å². The van der Waals surface area contributed by atoms with Gasteiger partial charge in [-0.2, -0.15) is 0 Å². The fourth-order valence-corrected chi connectivity index (χ4v) is 3.58. The molecule has 0 saturated carbocycles. The first kappa shape index (κ1) is 22.2. The van der Waals surface area contributed by atoms with Gasteiger partial charge in [-0.15, -0.1) is 0 Å². The molecule has 3 rings (SSSR count). The Labute approximate surface area is 177 Å². The van der Waals surface area contributed by atoms with Crippen LogP contribution < -0.4 is 4.74 Å². The van der Waals surface area contributed by atoms with E-state index in [4.69, 9.17) is 14.2 Å². The number of benzene rings is 1. The highest BCUT2D eigenvalue weighted by molar-refractivity contribution is 5.96. The van der Waals surface area contributed by atoms with Gasteiger partial charge in [0.05, 0.1) is 6.61 Å². The standard InChI is InChI=1S/C24H30O6/c1-16-14-20(23(27)24(2,3)15-19(16)25)30-21(26)12-9-17-7-10-18(11-8-17)29-22-6-4-5-13-28-22/h7-12,14,20,22-23,27H,4-6,13,15H2,1-3H3. The number of aliphatic hydroxyl groups is 1. The van der Waals surface area contributed by atoms with Gasteiger partial charge < -0.3 is 19.3 Å². The molecular weight excluding hydrogens is 384 g/mol. The molecule has 1 aliphatic heterocycles. The first-order chi connectivity index (χ1) is 14.2. The number of hydrogen-bond acceptors (Lipinski definition) is 6. The van der Waals surface area contributed by atoms with E-state index in [0.29, 0.717) is 5.57 Å². The van der Waals surface area contributed by atoms with Gasteiger partial charge in [0.25, 0.3) is 0 Å². The first-order valence-electron chi connectivity index (χ1n) is 10.4. The Kier molecular flexibility index (Phi) is 7.10. The van der Waals surface area contributed by atoms with Crippen LogP contribution in [0.1, 0.15) is 52.0 Å². The molecule has 1 N–H and O–H groups in total. The fraction of sp³-hybridized carbons (Fsp3) is 0.500. The number of esters is 1. The number of aliphatic hydroxyl groups excluding tert-OH is 1. The molecule has 0 amide bonds. The highest BCUT2D eigenvalue weighted by atomic mass is 16.7. The third-order valence-electron chi connectivity index (χ3n) is 5.53. The quantitative estimate of drug-likeness (QED) is 0.583. The Morgan fingerprint density at radius 3 is 2.63 bits per heavy atom. The van der Waals surface area contributed by atoms with E-state index < -0.39 is 23.6 Å². The maximum Gasteiger partial charge on any atom is 0.331 e. The Bertz CT molecular complexity index is 815. The van der Waals surface area contributed by atoms with Crippen LogP contribution in [0.4, 0.5) is 0 Å². The molecule has 1 fully saturated rings. The Hall–Kier alpha value is -2.44. The summed E-state index contributed by atoms with van der Waals surface area (Å²) in [4.78, 5) is 24.4. The monoisotopic (exact) mass is 414 g/mol. The van der Waals surface area contributed by atoms with Crippen molar-refractivity contribution in [3.05, 3.63) is 47.6 Å². The van der Waals surface area contributed by atoms with Crippen LogP contribution in [0.15, 0.2) is 42.0 Å². The third kappa shape index (κ3) is 5.80. The topological polar surface area (TPSA) is 82.1 Å². The Morgan fingerprint density at radius 1 is 1.23 bits per heavy atom. The highest BCUT2D eigenvalue weighted by Crippen LogP contribution is 2.33. The maximum atomic E-state index is 12.3. The van der Waals surface area contributed by atoms with Crippen molar-refractivity contribution in [2.45, 2.75) is 65.0 Å². The number of carbonyl (C=O) groups excluding carboxylic acids is 2. The first-order valence-corrected chi connectivity index (χ1v) is 10.4. The molecule has 2 aliphatic rings. The van der Waals surface area contributed by atoms with Crippen LogP contribution in [-0.4, -0.2) is 42.0 Å². The number of allylic oxidation sites excluding steroid dienone is 1. The molecule has 0 aromatic heterocycles. The van der Waals surface area contributed by atoms with Crippen LogP contribution >= 0.6 is 0 Å². The number of rotatable bonds is 5. The maximum absolute atomic E-state index is 12.3. The van der Waals surface area contributed by atoms with E-state index in [1.165, 1.54) is 12.2 Å². The lowest BCUT2D eigenvalue weighted by atomic mass is 9.80. The molecule has 6 nitrogen and oxygen atoms in total. The van der Waals surface area contributed by atoms with E-state index in [0.717, 1.165) is 37.2 Å². The second-order valence-electron chi connectivity index (χ2n) is 8.60.